The summed E-state index contributed by atoms with van der Waals surface area (Å²) in [5, 5.41) is 22.1. The Bertz CT molecular complexity index is 671. The number of aliphatic hydroxyl groups is 1. The summed E-state index contributed by atoms with van der Waals surface area (Å²) in [6, 6.07) is 5.04. The van der Waals surface area contributed by atoms with Crippen molar-refractivity contribution in [3.8, 4) is 6.07 Å². The average Bonchev–Trinajstić information content (AvgIpc) is 2.79. The van der Waals surface area contributed by atoms with E-state index >= 15 is 0 Å². The van der Waals surface area contributed by atoms with Gasteiger partial charge < -0.3 is 10.4 Å². The van der Waals surface area contributed by atoms with E-state index in [4.69, 9.17) is 16.9 Å². The summed E-state index contributed by atoms with van der Waals surface area (Å²) in [6.45, 7) is 0.0122. The number of nitrogens with one attached hydrogen (secondary N) is 1. The van der Waals surface area contributed by atoms with Crippen molar-refractivity contribution in [1.82, 2.24) is 4.37 Å². The van der Waals surface area contributed by atoms with E-state index in [-0.39, 0.29) is 22.8 Å². The van der Waals surface area contributed by atoms with Gasteiger partial charge in [-0.3, -0.25) is 0 Å². The molecule has 1 heterocycles. The highest BCUT2D eigenvalue weighted by Crippen LogP contribution is 2.28. The number of hydrogen-bond acceptors (Lipinski definition) is 5. The number of anilines is 1. The van der Waals surface area contributed by atoms with Gasteiger partial charge in [-0.15, -0.1) is 0 Å². The van der Waals surface area contributed by atoms with E-state index in [9.17, 15) is 13.9 Å². The van der Waals surface area contributed by atoms with Crippen molar-refractivity contribution in [3.63, 3.8) is 0 Å². The minimum Gasteiger partial charge on any atom is -0.387 e. The Morgan fingerprint density at radius 2 is 2.20 bits per heavy atom. The Labute approximate surface area is 122 Å². The number of aromatic nitrogens is 1. The van der Waals surface area contributed by atoms with Crippen molar-refractivity contribution in [3.05, 3.63) is 46.1 Å². The molecule has 2 rings (SSSR count). The van der Waals surface area contributed by atoms with Gasteiger partial charge >= 0.3 is 0 Å². The van der Waals surface area contributed by atoms with E-state index < -0.39 is 17.7 Å². The number of rotatable bonds is 4. The van der Waals surface area contributed by atoms with Crippen molar-refractivity contribution in [2.24, 2.45) is 0 Å². The van der Waals surface area contributed by atoms with E-state index in [2.05, 4.69) is 9.69 Å². The monoisotopic (exact) mass is 315 g/mol. The molecule has 0 radical (unpaired) electrons. The quantitative estimate of drug-likeness (QED) is 0.909. The summed E-state index contributed by atoms with van der Waals surface area (Å²) < 4.78 is 29.6. The first-order chi connectivity index (χ1) is 9.52. The Hall–Kier alpha value is -1.75. The lowest BCUT2D eigenvalue weighted by Gasteiger charge is -2.12. The summed E-state index contributed by atoms with van der Waals surface area (Å²) >= 11 is 6.68. The van der Waals surface area contributed by atoms with Gasteiger partial charge in [0.05, 0.1) is 6.10 Å². The fourth-order valence-electron chi connectivity index (χ4n) is 1.52. The van der Waals surface area contributed by atoms with Gasteiger partial charge in [0.1, 0.15) is 16.6 Å². The van der Waals surface area contributed by atoms with Crippen LogP contribution in [-0.4, -0.2) is 16.0 Å². The second kappa shape index (κ2) is 6.13. The van der Waals surface area contributed by atoms with Gasteiger partial charge in [-0.25, -0.2) is 8.78 Å². The molecule has 2 aromatic rings. The number of hydrogen-bond donors (Lipinski definition) is 2. The van der Waals surface area contributed by atoms with E-state index in [1.54, 1.807) is 0 Å². The standard InChI is InChI=1S/C12H8ClF2N3OS/c13-11-7(4-16)12(20-18-11)17-5-10(19)6-1-2-8(14)9(15)3-6/h1-3,10,17,19H,5H2/t10-/m1/s1. The van der Waals surface area contributed by atoms with Crippen LogP contribution in [0.3, 0.4) is 0 Å². The summed E-state index contributed by atoms with van der Waals surface area (Å²) in [6.07, 6.45) is -1.06. The van der Waals surface area contributed by atoms with Gasteiger partial charge in [0, 0.05) is 6.54 Å². The van der Waals surface area contributed by atoms with Gasteiger partial charge in [0.2, 0.25) is 0 Å². The first-order valence-corrected chi connectivity index (χ1v) is 6.60. The molecule has 1 aromatic carbocycles. The SMILES string of the molecule is N#Cc1c(Cl)nsc1NC[C@@H](O)c1ccc(F)c(F)c1. The first kappa shape index (κ1) is 14.7. The van der Waals surface area contributed by atoms with Crippen LogP contribution >= 0.6 is 23.1 Å². The lowest BCUT2D eigenvalue weighted by molar-refractivity contribution is 0.191. The lowest BCUT2D eigenvalue weighted by atomic mass is 10.1. The van der Waals surface area contributed by atoms with E-state index in [1.807, 2.05) is 6.07 Å². The molecule has 104 valence electrons. The van der Waals surface area contributed by atoms with Crippen molar-refractivity contribution >= 4 is 28.1 Å². The van der Waals surface area contributed by atoms with E-state index in [0.29, 0.717) is 5.00 Å². The molecule has 0 spiro atoms. The smallest absolute Gasteiger partial charge is 0.162 e. The van der Waals surface area contributed by atoms with E-state index in [1.165, 1.54) is 6.07 Å². The second-order valence-corrected chi connectivity index (χ2v) is 4.99. The second-order valence-electron chi connectivity index (χ2n) is 3.86. The van der Waals surface area contributed by atoms with Crippen LogP contribution in [0.15, 0.2) is 18.2 Å². The van der Waals surface area contributed by atoms with Gasteiger partial charge in [-0.1, -0.05) is 17.7 Å². The molecule has 1 aromatic heterocycles. The highest BCUT2D eigenvalue weighted by atomic mass is 35.5. The third kappa shape index (κ3) is 3.04. The van der Waals surface area contributed by atoms with Gasteiger partial charge in [-0.05, 0) is 29.2 Å². The molecule has 2 N–H and O–H groups in total. The predicted octanol–water partition coefficient (Wildman–Crippen LogP) is 3.09. The van der Waals surface area contributed by atoms with Crippen LogP contribution in [0.4, 0.5) is 13.8 Å². The van der Waals surface area contributed by atoms with Gasteiger partial charge in [0.25, 0.3) is 0 Å². The topological polar surface area (TPSA) is 68.9 Å². The van der Waals surface area contributed by atoms with Crippen LogP contribution in [0.1, 0.15) is 17.2 Å². The summed E-state index contributed by atoms with van der Waals surface area (Å²) in [5.41, 5.74) is 0.416. The van der Waals surface area contributed by atoms with Crippen LogP contribution < -0.4 is 5.32 Å². The summed E-state index contributed by atoms with van der Waals surface area (Å²) in [4.78, 5) is 0. The Morgan fingerprint density at radius 3 is 2.85 bits per heavy atom. The molecular formula is C12H8ClF2N3OS. The van der Waals surface area contributed by atoms with Crippen LogP contribution in [0.5, 0.6) is 0 Å². The van der Waals surface area contributed by atoms with Gasteiger partial charge in [-0.2, -0.15) is 9.64 Å². The minimum atomic E-state index is -1.06. The van der Waals surface area contributed by atoms with Gasteiger partial charge in [0.15, 0.2) is 16.8 Å². The van der Waals surface area contributed by atoms with Crippen molar-refractivity contribution in [1.29, 1.82) is 5.26 Å². The van der Waals surface area contributed by atoms with Crippen LogP contribution in [0, 0.1) is 23.0 Å². The zero-order valence-corrected chi connectivity index (χ0v) is 11.5. The lowest BCUT2D eigenvalue weighted by Crippen LogP contribution is -2.12. The first-order valence-electron chi connectivity index (χ1n) is 5.45. The van der Waals surface area contributed by atoms with Crippen molar-refractivity contribution < 1.29 is 13.9 Å². The molecule has 0 fully saturated rings. The molecule has 0 amide bonds. The van der Waals surface area contributed by atoms with Crippen LogP contribution in [0.2, 0.25) is 5.15 Å². The molecule has 0 saturated heterocycles. The number of halogens is 3. The van der Waals surface area contributed by atoms with Crippen LogP contribution in [0.25, 0.3) is 0 Å². The molecular weight excluding hydrogens is 308 g/mol. The fourth-order valence-corrected chi connectivity index (χ4v) is 2.46. The van der Waals surface area contributed by atoms with Crippen LogP contribution in [-0.2, 0) is 0 Å². The molecule has 0 aliphatic heterocycles. The highest BCUT2D eigenvalue weighted by Gasteiger charge is 2.15. The number of benzene rings is 1. The van der Waals surface area contributed by atoms with Crippen molar-refractivity contribution in [2.75, 3.05) is 11.9 Å². The zero-order chi connectivity index (χ0) is 14.7. The zero-order valence-electron chi connectivity index (χ0n) is 9.90. The van der Waals surface area contributed by atoms with Crippen molar-refractivity contribution in [2.45, 2.75) is 6.10 Å². The Kier molecular flexibility index (Phi) is 4.49. The number of aliphatic hydroxyl groups excluding tert-OH is 1. The Balaban J connectivity index is 2.07. The predicted molar refractivity (Wildman–Crippen MR) is 71.6 cm³/mol. The molecule has 0 unspecified atom stereocenters. The normalized spacial score (nSPS) is 11.9. The minimum absolute atomic E-state index is 0.0122. The fraction of sp³-hybridized carbons (Fsp3) is 0.167. The highest BCUT2D eigenvalue weighted by molar-refractivity contribution is 7.10. The average molecular weight is 316 g/mol. The molecule has 4 nitrogen and oxygen atoms in total. The molecule has 0 aliphatic rings. The number of nitrogens with zero attached hydrogens (tertiary/aromatic N) is 2. The molecule has 0 saturated carbocycles. The summed E-state index contributed by atoms with van der Waals surface area (Å²) in [7, 11) is 0. The largest absolute Gasteiger partial charge is 0.387 e. The molecule has 0 aliphatic carbocycles. The molecule has 20 heavy (non-hydrogen) atoms. The van der Waals surface area contributed by atoms with E-state index in [0.717, 1.165) is 23.7 Å². The third-order valence-electron chi connectivity index (χ3n) is 2.55. The molecule has 0 bridgehead atoms. The molecule has 8 heteroatoms. The maximum Gasteiger partial charge on any atom is 0.162 e. The third-order valence-corrected chi connectivity index (χ3v) is 3.73. The molecule has 1 atom stereocenters. The maximum absolute atomic E-state index is 13.0. The maximum atomic E-state index is 13.0. The number of nitriles is 1. The summed E-state index contributed by atoms with van der Waals surface area (Å²) in [5.74, 6) is -2.00. The Morgan fingerprint density at radius 1 is 1.45 bits per heavy atom.